The molecule has 1 N–H and O–H groups in total. The highest BCUT2D eigenvalue weighted by Gasteiger charge is 2.19. The minimum atomic E-state index is -0.0324. The topological polar surface area (TPSA) is 34.0 Å². The molecule has 1 aromatic carbocycles. The number of nitrogens with zero attached hydrogens (tertiary/aromatic N) is 1. The van der Waals surface area contributed by atoms with Gasteiger partial charge >= 0.3 is 0 Å². The summed E-state index contributed by atoms with van der Waals surface area (Å²) in [5.74, 6) is 0.307. The lowest BCUT2D eigenvalue weighted by molar-refractivity contribution is 0.0917. The van der Waals surface area contributed by atoms with Crippen molar-refractivity contribution in [3.05, 3.63) is 59.9 Å². The van der Waals surface area contributed by atoms with E-state index in [0.29, 0.717) is 11.6 Å². The number of hydrogen-bond acceptors (Lipinski definition) is 1. The molecule has 19 heavy (non-hydrogen) atoms. The molecule has 1 aromatic heterocycles. The molecule has 0 saturated carbocycles. The first-order chi connectivity index (χ1) is 9.09. The third kappa shape index (κ3) is 3.05. The molecule has 0 aliphatic rings. The lowest BCUT2D eigenvalue weighted by Gasteiger charge is -2.23. The van der Waals surface area contributed by atoms with Crippen LogP contribution in [-0.2, 0) is 7.05 Å². The summed E-state index contributed by atoms with van der Waals surface area (Å²) in [6.07, 6.45) is 1.88. The van der Waals surface area contributed by atoms with Crippen LogP contribution in [0.4, 0.5) is 0 Å². The van der Waals surface area contributed by atoms with Crippen molar-refractivity contribution in [2.75, 3.05) is 0 Å². The van der Waals surface area contributed by atoms with Crippen LogP contribution >= 0.6 is 0 Å². The Bertz CT molecular complexity index is 543. The monoisotopic (exact) mass is 256 g/mol. The third-order valence-electron chi connectivity index (χ3n) is 3.29. The van der Waals surface area contributed by atoms with Crippen molar-refractivity contribution in [1.82, 2.24) is 9.88 Å². The Labute approximate surface area is 114 Å². The predicted octanol–water partition coefficient (Wildman–Crippen LogP) is 3.15. The number of carbonyl (C=O) groups excluding carboxylic acids is 1. The van der Waals surface area contributed by atoms with Gasteiger partial charge in [0.25, 0.3) is 5.91 Å². The Hall–Kier alpha value is -2.03. The molecule has 2 rings (SSSR count). The summed E-state index contributed by atoms with van der Waals surface area (Å²) in [5.41, 5.74) is 1.82. The van der Waals surface area contributed by atoms with Gasteiger partial charge in [0.1, 0.15) is 5.69 Å². The fourth-order valence-corrected chi connectivity index (χ4v) is 2.21. The van der Waals surface area contributed by atoms with Gasteiger partial charge in [0.15, 0.2) is 0 Å². The van der Waals surface area contributed by atoms with Crippen LogP contribution in [0, 0.1) is 5.92 Å². The molecule has 0 spiro atoms. The van der Waals surface area contributed by atoms with Gasteiger partial charge in [-0.2, -0.15) is 0 Å². The Balaban J connectivity index is 2.19. The van der Waals surface area contributed by atoms with E-state index in [-0.39, 0.29) is 11.9 Å². The van der Waals surface area contributed by atoms with Crippen LogP contribution in [0.3, 0.4) is 0 Å². The molecule has 0 aliphatic carbocycles. The zero-order chi connectivity index (χ0) is 13.8. The number of hydrogen-bond donors (Lipinski definition) is 1. The third-order valence-corrected chi connectivity index (χ3v) is 3.29. The molecule has 0 radical (unpaired) electrons. The SMILES string of the molecule is CC(C)C(NC(=O)c1cccn1C)c1ccccc1. The van der Waals surface area contributed by atoms with E-state index in [2.05, 4.69) is 31.3 Å². The van der Waals surface area contributed by atoms with Crippen molar-refractivity contribution in [1.29, 1.82) is 0 Å². The molecular weight excluding hydrogens is 236 g/mol. The van der Waals surface area contributed by atoms with Gasteiger partial charge in [0, 0.05) is 13.2 Å². The molecule has 3 nitrogen and oxygen atoms in total. The summed E-state index contributed by atoms with van der Waals surface area (Å²) < 4.78 is 1.83. The number of aromatic nitrogens is 1. The number of aryl methyl sites for hydroxylation is 1. The average molecular weight is 256 g/mol. The van der Waals surface area contributed by atoms with Gasteiger partial charge in [-0.15, -0.1) is 0 Å². The maximum atomic E-state index is 12.3. The van der Waals surface area contributed by atoms with Crippen molar-refractivity contribution in [3.8, 4) is 0 Å². The van der Waals surface area contributed by atoms with Crippen LogP contribution < -0.4 is 5.32 Å². The van der Waals surface area contributed by atoms with Crippen molar-refractivity contribution in [3.63, 3.8) is 0 Å². The van der Waals surface area contributed by atoms with E-state index in [0.717, 1.165) is 5.56 Å². The van der Waals surface area contributed by atoms with Gasteiger partial charge in [-0.1, -0.05) is 44.2 Å². The predicted molar refractivity (Wildman–Crippen MR) is 76.9 cm³/mol. The molecule has 3 heteroatoms. The van der Waals surface area contributed by atoms with E-state index in [4.69, 9.17) is 0 Å². The van der Waals surface area contributed by atoms with Crippen molar-refractivity contribution in [2.24, 2.45) is 13.0 Å². The smallest absolute Gasteiger partial charge is 0.268 e. The summed E-state index contributed by atoms with van der Waals surface area (Å²) in [4.78, 5) is 12.3. The van der Waals surface area contributed by atoms with Gasteiger partial charge in [-0.3, -0.25) is 4.79 Å². The number of rotatable bonds is 4. The minimum absolute atomic E-state index is 0.0311. The Morgan fingerprint density at radius 2 is 1.79 bits per heavy atom. The summed E-state index contributed by atoms with van der Waals surface area (Å²) in [6.45, 7) is 4.23. The largest absolute Gasteiger partial charge is 0.347 e. The van der Waals surface area contributed by atoms with E-state index in [1.807, 2.05) is 48.1 Å². The zero-order valence-corrected chi connectivity index (χ0v) is 11.6. The van der Waals surface area contributed by atoms with E-state index >= 15 is 0 Å². The average Bonchev–Trinajstić information content (AvgIpc) is 2.82. The summed E-state index contributed by atoms with van der Waals surface area (Å²) in [5, 5.41) is 3.12. The van der Waals surface area contributed by atoms with Crippen LogP contribution in [0.15, 0.2) is 48.7 Å². The van der Waals surface area contributed by atoms with E-state index in [1.165, 1.54) is 0 Å². The van der Waals surface area contributed by atoms with Crippen LogP contribution in [0.5, 0.6) is 0 Å². The first-order valence-electron chi connectivity index (χ1n) is 6.56. The summed E-state index contributed by atoms with van der Waals surface area (Å²) in [6, 6.07) is 13.8. The number of benzene rings is 1. The van der Waals surface area contributed by atoms with E-state index < -0.39 is 0 Å². The highest BCUT2D eigenvalue weighted by molar-refractivity contribution is 5.93. The molecule has 1 amide bonds. The van der Waals surface area contributed by atoms with Crippen molar-refractivity contribution in [2.45, 2.75) is 19.9 Å². The zero-order valence-electron chi connectivity index (χ0n) is 11.6. The normalized spacial score (nSPS) is 12.4. The molecular formula is C16H20N2O. The van der Waals surface area contributed by atoms with Gasteiger partial charge < -0.3 is 9.88 Å². The molecule has 0 aliphatic heterocycles. The van der Waals surface area contributed by atoms with Crippen molar-refractivity contribution < 1.29 is 4.79 Å². The second-order valence-electron chi connectivity index (χ2n) is 5.11. The lowest BCUT2D eigenvalue weighted by atomic mass is 9.96. The highest BCUT2D eigenvalue weighted by atomic mass is 16.2. The molecule has 2 aromatic rings. The first-order valence-corrected chi connectivity index (χ1v) is 6.56. The fraction of sp³-hybridized carbons (Fsp3) is 0.312. The standard InChI is InChI=1S/C16H20N2O/c1-12(2)15(13-8-5-4-6-9-13)17-16(19)14-10-7-11-18(14)3/h4-12,15H,1-3H3,(H,17,19). The molecule has 0 saturated heterocycles. The highest BCUT2D eigenvalue weighted by Crippen LogP contribution is 2.21. The second-order valence-corrected chi connectivity index (χ2v) is 5.11. The number of nitrogens with one attached hydrogen (secondary N) is 1. The van der Waals surface area contributed by atoms with Gasteiger partial charge in [-0.25, -0.2) is 0 Å². The van der Waals surface area contributed by atoms with Gasteiger partial charge in [-0.05, 0) is 23.6 Å². The Morgan fingerprint density at radius 3 is 2.32 bits per heavy atom. The molecule has 100 valence electrons. The molecule has 0 fully saturated rings. The van der Waals surface area contributed by atoms with E-state index in [1.54, 1.807) is 0 Å². The van der Waals surface area contributed by atoms with Crippen LogP contribution in [0.25, 0.3) is 0 Å². The minimum Gasteiger partial charge on any atom is -0.347 e. The molecule has 0 bridgehead atoms. The maximum absolute atomic E-state index is 12.3. The van der Waals surface area contributed by atoms with E-state index in [9.17, 15) is 4.79 Å². The van der Waals surface area contributed by atoms with Crippen molar-refractivity contribution >= 4 is 5.91 Å². The van der Waals surface area contributed by atoms with Crippen LogP contribution in [0.2, 0.25) is 0 Å². The quantitative estimate of drug-likeness (QED) is 0.895. The number of amides is 1. The molecule has 1 atom stereocenters. The second kappa shape index (κ2) is 5.74. The Kier molecular flexibility index (Phi) is 4.05. The number of carbonyl (C=O) groups is 1. The molecule has 1 unspecified atom stereocenters. The maximum Gasteiger partial charge on any atom is 0.268 e. The summed E-state index contributed by atoms with van der Waals surface area (Å²) >= 11 is 0. The lowest BCUT2D eigenvalue weighted by Crippen LogP contribution is -2.32. The van der Waals surface area contributed by atoms with Gasteiger partial charge in [0.2, 0.25) is 0 Å². The van der Waals surface area contributed by atoms with Crippen LogP contribution in [-0.4, -0.2) is 10.5 Å². The first kappa shape index (κ1) is 13.4. The van der Waals surface area contributed by atoms with Gasteiger partial charge in [0.05, 0.1) is 6.04 Å². The Morgan fingerprint density at radius 1 is 1.11 bits per heavy atom. The molecule has 1 heterocycles. The summed E-state index contributed by atoms with van der Waals surface area (Å²) in [7, 11) is 1.88. The van der Waals surface area contributed by atoms with Crippen LogP contribution in [0.1, 0.15) is 35.9 Å². The fourth-order valence-electron chi connectivity index (χ4n) is 2.21.